The number of hydrogen-bond donors (Lipinski definition) is 0. The monoisotopic (exact) mass is 896 g/mol. The van der Waals surface area contributed by atoms with Crippen molar-refractivity contribution in [3.8, 4) is 0 Å². The van der Waals surface area contributed by atoms with E-state index >= 15 is 43.9 Å². The highest BCUT2D eigenvalue weighted by atomic mass is 19.2. The third-order valence-electron chi connectivity index (χ3n) is 8.67. The summed E-state index contributed by atoms with van der Waals surface area (Å²) < 4.78 is 378. The summed E-state index contributed by atoms with van der Waals surface area (Å²) >= 11 is 0. The molecule has 4 aromatic carbocycles. The van der Waals surface area contributed by atoms with Crippen LogP contribution >= 0.6 is 0 Å². The first-order chi connectivity index (χ1) is 27.8. The first kappa shape index (κ1) is 43.4. The van der Waals surface area contributed by atoms with Gasteiger partial charge in [0.1, 0.15) is 0 Å². The van der Waals surface area contributed by atoms with Crippen LogP contribution in [-0.2, 0) is 0 Å². The van der Waals surface area contributed by atoms with Gasteiger partial charge in [0.2, 0.25) is 23.3 Å². The molecular formula is C35HF25. The van der Waals surface area contributed by atoms with E-state index in [1.807, 2.05) is 0 Å². The Hall–Kier alpha value is -6.17. The molecule has 0 saturated carbocycles. The average molecular weight is 896 g/mol. The summed E-state index contributed by atoms with van der Waals surface area (Å²) in [5.41, 5.74) is -32.1. The molecule has 0 bridgehead atoms. The van der Waals surface area contributed by atoms with E-state index in [1.54, 1.807) is 0 Å². The van der Waals surface area contributed by atoms with Crippen LogP contribution in [0.2, 0.25) is 0 Å². The number of rotatable bonds is 4. The van der Waals surface area contributed by atoms with Crippen molar-refractivity contribution < 1.29 is 110 Å². The van der Waals surface area contributed by atoms with Gasteiger partial charge in [-0.15, -0.1) is 0 Å². The Kier molecular flexibility index (Phi) is 10.5. The van der Waals surface area contributed by atoms with E-state index in [0.717, 1.165) is 0 Å². The summed E-state index contributed by atoms with van der Waals surface area (Å²) in [5, 5.41) is 0. The highest BCUT2D eigenvalue weighted by Gasteiger charge is 2.50. The molecule has 0 N–H and O–H groups in total. The Bertz CT molecular complexity index is 2580. The third-order valence-corrected chi connectivity index (χ3v) is 8.67. The molecule has 0 aliphatic heterocycles. The minimum atomic E-state index is -4.72. The van der Waals surface area contributed by atoms with Crippen molar-refractivity contribution in [3.63, 3.8) is 0 Å². The minimum Gasteiger partial charge on any atom is -0.234 e. The van der Waals surface area contributed by atoms with Crippen LogP contribution in [-0.4, -0.2) is 6.17 Å². The zero-order valence-corrected chi connectivity index (χ0v) is 27.0. The van der Waals surface area contributed by atoms with Crippen LogP contribution in [0.15, 0.2) is 34.5 Å². The van der Waals surface area contributed by atoms with E-state index in [-0.39, 0.29) is 0 Å². The lowest BCUT2D eigenvalue weighted by molar-refractivity contribution is 0.321. The van der Waals surface area contributed by atoms with Crippen molar-refractivity contribution in [2.75, 3.05) is 0 Å². The molecule has 316 valence electrons. The van der Waals surface area contributed by atoms with Crippen LogP contribution < -0.4 is 0 Å². The summed E-state index contributed by atoms with van der Waals surface area (Å²) in [5.74, 6) is -83.3. The summed E-state index contributed by atoms with van der Waals surface area (Å²) in [6.45, 7) is 0. The van der Waals surface area contributed by atoms with Gasteiger partial charge in [-0.1, -0.05) is 0 Å². The van der Waals surface area contributed by atoms with E-state index in [2.05, 4.69) is 0 Å². The van der Waals surface area contributed by atoms with Gasteiger partial charge in [0.05, 0.1) is 22.3 Å². The second kappa shape index (κ2) is 14.5. The molecule has 0 aromatic heterocycles. The largest absolute Gasteiger partial charge is 0.234 e. The molecule has 2 aliphatic carbocycles. The molecule has 0 spiro atoms. The summed E-state index contributed by atoms with van der Waals surface area (Å²) in [4.78, 5) is 0. The van der Waals surface area contributed by atoms with Gasteiger partial charge in [0.25, 0.3) is 0 Å². The van der Waals surface area contributed by atoms with Crippen molar-refractivity contribution in [1.82, 2.24) is 0 Å². The molecule has 0 nitrogen and oxygen atoms in total. The Labute approximate surface area is 311 Å². The number of hydrogen-bond acceptors (Lipinski definition) is 0. The quantitative estimate of drug-likeness (QED) is 0.109. The Morgan fingerprint density at radius 3 is 0.600 bits per heavy atom. The van der Waals surface area contributed by atoms with Gasteiger partial charge in [-0.05, 0) is 0 Å². The first-order valence-corrected chi connectivity index (χ1v) is 14.8. The number of halogens is 25. The second-order valence-corrected chi connectivity index (χ2v) is 11.7. The minimum absolute atomic E-state index is 3.16. The molecule has 1 atom stereocenters. The number of benzene rings is 4. The number of alkyl halides is 1. The molecule has 0 amide bonds. The van der Waals surface area contributed by atoms with Crippen molar-refractivity contribution in [1.29, 1.82) is 0 Å². The predicted molar refractivity (Wildman–Crippen MR) is 149 cm³/mol. The first-order valence-electron chi connectivity index (χ1n) is 14.8. The molecular weight excluding hydrogens is 895 g/mol. The maximum atomic E-state index is 15.9. The van der Waals surface area contributed by atoms with Crippen molar-refractivity contribution in [2.24, 2.45) is 0 Å². The fraction of sp³-hybridized carbons (Fsp3) is 0.0286. The standard InChI is InChI=1S/C35HF25/c36-11-6(12(37)22(47)31(56)21(11)46)1-2(7-13(38)23(48)32(57)24(49)14(7)39)4(9-17(42)27(52)34(59)28(53)18(9)43)5(10-19(44)29(54)35(60)30(55)20(10)45)3(1)8-15(40)25(50)33(58)26(51)16(8)41/h11H. The molecule has 25 heteroatoms. The lowest BCUT2D eigenvalue weighted by Gasteiger charge is -2.24. The Morgan fingerprint density at radius 1 is 0.200 bits per heavy atom. The van der Waals surface area contributed by atoms with Gasteiger partial charge in [-0.2, -0.15) is 0 Å². The molecule has 60 heavy (non-hydrogen) atoms. The van der Waals surface area contributed by atoms with Gasteiger partial charge in [-0.3, -0.25) is 0 Å². The Morgan fingerprint density at radius 2 is 0.383 bits per heavy atom. The van der Waals surface area contributed by atoms with Crippen LogP contribution in [0.25, 0.3) is 22.3 Å². The predicted octanol–water partition coefficient (Wildman–Crippen LogP) is 13.0. The molecule has 1 unspecified atom stereocenters. The molecule has 0 fully saturated rings. The molecule has 0 saturated heterocycles. The summed E-state index contributed by atoms with van der Waals surface area (Å²) in [6.07, 6.45) is -4.72. The van der Waals surface area contributed by atoms with E-state index in [0.29, 0.717) is 0 Å². The average Bonchev–Trinajstić information content (AvgIpc) is 3.52. The van der Waals surface area contributed by atoms with E-state index < -0.39 is 202 Å². The van der Waals surface area contributed by atoms with Gasteiger partial charge in [0, 0.05) is 33.4 Å². The second-order valence-electron chi connectivity index (χ2n) is 11.7. The van der Waals surface area contributed by atoms with E-state index in [1.165, 1.54) is 0 Å². The summed E-state index contributed by atoms with van der Waals surface area (Å²) in [6, 6.07) is 0. The van der Waals surface area contributed by atoms with Crippen LogP contribution in [0.5, 0.6) is 0 Å². The third kappa shape index (κ3) is 5.66. The topological polar surface area (TPSA) is 0 Å². The maximum Gasteiger partial charge on any atom is 0.200 e. The Balaban J connectivity index is 2.19. The van der Waals surface area contributed by atoms with Gasteiger partial charge in [0.15, 0.2) is 123 Å². The normalized spacial score (nSPS) is 16.2. The van der Waals surface area contributed by atoms with Gasteiger partial charge < -0.3 is 0 Å². The molecule has 0 heterocycles. The van der Waals surface area contributed by atoms with Crippen LogP contribution in [0.4, 0.5) is 110 Å². The smallest absolute Gasteiger partial charge is 0.200 e. The lowest BCUT2D eigenvalue weighted by Crippen LogP contribution is -2.19. The highest BCUT2D eigenvalue weighted by molar-refractivity contribution is 6.35. The van der Waals surface area contributed by atoms with Gasteiger partial charge >= 0.3 is 0 Å². The van der Waals surface area contributed by atoms with Crippen LogP contribution in [0.3, 0.4) is 0 Å². The molecule has 4 aromatic rings. The van der Waals surface area contributed by atoms with Crippen LogP contribution in [0, 0.1) is 116 Å². The summed E-state index contributed by atoms with van der Waals surface area (Å²) in [7, 11) is 0. The lowest BCUT2D eigenvalue weighted by atomic mass is 9.83. The highest BCUT2D eigenvalue weighted by Crippen LogP contribution is 2.61. The zero-order valence-electron chi connectivity index (χ0n) is 27.0. The van der Waals surface area contributed by atoms with Crippen molar-refractivity contribution in [3.05, 3.63) is 173 Å². The fourth-order valence-electron chi connectivity index (χ4n) is 6.10. The van der Waals surface area contributed by atoms with E-state index in [9.17, 15) is 65.9 Å². The number of allylic oxidation sites excluding steroid dienone is 10. The van der Waals surface area contributed by atoms with Crippen molar-refractivity contribution >= 4 is 22.3 Å². The van der Waals surface area contributed by atoms with Gasteiger partial charge in [-0.25, -0.2) is 110 Å². The SMILES string of the molecule is FC1=C(F)C(=C2C(c3c(F)c(F)c(F)c(F)c3F)=C(c3c(F)c(F)c(F)c(F)c3F)C(c3c(F)c(F)c(F)c(F)c3F)=C2c2c(F)c(F)c(F)c(F)c2F)C(F)C(F)=C1F. The van der Waals surface area contributed by atoms with E-state index in [4.69, 9.17) is 0 Å². The zero-order chi connectivity index (χ0) is 45.2. The fourth-order valence-corrected chi connectivity index (χ4v) is 6.10. The molecule has 0 radical (unpaired) electrons. The van der Waals surface area contributed by atoms with Crippen molar-refractivity contribution in [2.45, 2.75) is 6.17 Å². The molecule has 6 rings (SSSR count). The molecule has 2 aliphatic rings. The van der Waals surface area contributed by atoms with Crippen LogP contribution in [0.1, 0.15) is 22.3 Å². The maximum absolute atomic E-state index is 15.9.